The molecule has 0 aromatic carbocycles. The molecule has 2 amide bonds. The van der Waals surface area contributed by atoms with Gasteiger partial charge in [0.2, 0.25) is 0 Å². The Balaban J connectivity index is 2.27. The molecule has 0 bridgehead atoms. The molecule has 5 nitrogen and oxygen atoms in total. The van der Waals surface area contributed by atoms with Gasteiger partial charge in [0, 0.05) is 45.3 Å². The minimum Gasteiger partial charge on any atom is -0.336 e. The highest BCUT2D eigenvalue weighted by Gasteiger charge is 2.20. The Morgan fingerprint density at radius 2 is 1.93 bits per heavy atom. The second-order valence-electron chi connectivity index (χ2n) is 4.22. The van der Waals surface area contributed by atoms with Crippen molar-refractivity contribution >= 4 is 6.03 Å². The van der Waals surface area contributed by atoms with Gasteiger partial charge in [0.25, 0.3) is 0 Å². The van der Waals surface area contributed by atoms with Gasteiger partial charge < -0.3 is 16.0 Å². The Bertz CT molecular complexity index is 200. The summed E-state index contributed by atoms with van der Waals surface area (Å²) in [6.07, 6.45) is 0. The molecular weight excluding hydrogens is 192 g/mol. The zero-order valence-corrected chi connectivity index (χ0v) is 9.70. The molecule has 3 N–H and O–H groups in total. The average molecular weight is 214 g/mol. The van der Waals surface area contributed by atoms with Gasteiger partial charge in [-0.25, -0.2) is 4.79 Å². The molecule has 1 rings (SSSR count). The van der Waals surface area contributed by atoms with Crippen molar-refractivity contribution in [1.29, 1.82) is 0 Å². The van der Waals surface area contributed by atoms with Crippen LogP contribution in [0.1, 0.15) is 13.8 Å². The van der Waals surface area contributed by atoms with Gasteiger partial charge in [-0.3, -0.25) is 4.90 Å². The Morgan fingerprint density at radius 1 is 1.33 bits per heavy atom. The molecule has 5 heteroatoms. The molecule has 0 unspecified atom stereocenters. The van der Waals surface area contributed by atoms with Gasteiger partial charge in [-0.15, -0.1) is 0 Å². The molecule has 0 atom stereocenters. The lowest BCUT2D eigenvalue weighted by Crippen LogP contribution is -2.53. The van der Waals surface area contributed by atoms with Gasteiger partial charge in [0.05, 0.1) is 0 Å². The highest BCUT2D eigenvalue weighted by Crippen LogP contribution is 2.01. The summed E-state index contributed by atoms with van der Waals surface area (Å²) in [5, 5.41) is 2.90. The van der Waals surface area contributed by atoms with Gasteiger partial charge in [-0.2, -0.15) is 0 Å². The summed E-state index contributed by atoms with van der Waals surface area (Å²) in [6.45, 7) is 9.05. The standard InChI is InChI=1S/C10H22N4O/c1-9(2)12-10(15)14-7-5-13(4-3-11)6-8-14/h9H,3-8,11H2,1-2H3,(H,12,15). The lowest BCUT2D eigenvalue weighted by Gasteiger charge is -2.34. The molecule has 1 fully saturated rings. The molecule has 0 radical (unpaired) electrons. The van der Waals surface area contributed by atoms with Crippen molar-refractivity contribution in [2.75, 3.05) is 39.3 Å². The van der Waals surface area contributed by atoms with E-state index < -0.39 is 0 Å². The van der Waals surface area contributed by atoms with Crippen LogP contribution in [0.2, 0.25) is 0 Å². The molecule has 0 aromatic rings. The molecule has 1 aliphatic rings. The first-order chi connectivity index (χ1) is 7.13. The first-order valence-electron chi connectivity index (χ1n) is 5.61. The van der Waals surface area contributed by atoms with E-state index in [2.05, 4.69) is 10.2 Å². The Morgan fingerprint density at radius 3 is 2.40 bits per heavy atom. The minimum absolute atomic E-state index is 0.0531. The van der Waals surface area contributed by atoms with Gasteiger partial charge >= 0.3 is 6.03 Å². The number of amides is 2. The molecule has 0 aliphatic carbocycles. The van der Waals surface area contributed by atoms with Crippen LogP contribution in [0.5, 0.6) is 0 Å². The second-order valence-corrected chi connectivity index (χ2v) is 4.22. The Kier molecular flexibility index (Phi) is 4.84. The fraction of sp³-hybridized carbons (Fsp3) is 0.900. The molecule has 1 heterocycles. The van der Waals surface area contributed by atoms with Gasteiger partial charge in [0.15, 0.2) is 0 Å². The number of carbonyl (C=O) groups excluding carboxylic acids is 1. The quantitative estimate of drug-likeness (QED) is 0.677. The van der Waals surface area contributed by atoms with Crippen LogP contribution in [0, 0.1) is 0 Å². The average Bonchev–Trinajstić information content (AvgIpc) is 2.18. The first-order valence-corrected chi connectivity index (χ1v) is 5.61. The van der Waals surface area contributed by atoms with Crippen molar-refractivity contribution < 1.29 is 4.79 Å². The minimum atomic E-state index is 0.0531. The summed E-state index contributed by atoms with van der Waals surface area (Å²) in [6, 6.07) is 0.261. The molecule has 0 aromatic heterocycles. The summed E-state index contributed by atoms with van der Waals surface area (Å²) in [7, 11) is 0. The predicted molar refractivity (Wildman–Crippen MR) is 60.7 cm³/mol. The fourth-order valence-electron chi connectivity index (χ4n) is 1.70. The summed E-state index contributed by atoms with van der Waals surface area (Å²) in [5.74, 6) is 0. The monoisotopic (exact) mass is 214 g/mol. The third-order valence-electron chi connectivity index (χ3n) is 2.52. The number of urea groups is 1. The predicted octanol–water partition coefficient (Wildman–Crippen LogP) is -0.319. The summed E-state index contributed by atoms with van der Waals surface area (Å²) >= 11 is 0. The normalized spacial score (nSPS) is 18.3. The van der Waals surface area contributed by atoms with Crippen molar-refractivity contribution in [3.8, 4) is 0 Å². The van der Waals surface area contributed by atoms with E-state index >= 15 is 0 Å². The van der Waals surface area contributed by atoms with E-state index in [-0.39, 0.29) is 12.1 Å². The highest BCUT2D eigenvalue weighted by atomic mass is 16.2. The van der Waals surface area contributed by atoms with E-state index in [0.29, 0.717) is 6.54 Å². The molecule has 15 heavy (non-hydrogen) atoms. The molecule has 0 spiro atoms. The lowest BCUT2D eigenvalue weighted by molar-refractivity contribution is 0.140. The van der Waals surface area contributed by atoms with E-state index in [1.165, 1.54) is 0 Å². The number of hydrogen-bond donors (Lipinski definition) is 2. The van der Waals surface area contributed by atoms with Crippen molar-refractivity contribution in [1.82, 2.24) is 15.1 Å². The van der Waals surface area contributed by atoms with Crippen LogP contribution in [0.15, 0.2) is 0 Å². The number of piperazine rings is 1. The highest BCUT2D eigenvalue weighted by molar-refractivity contribution is 5.74. The van der Waals surface area contributed by atoms with Crippen molar-refractivity contribution in [3.05, 3.63) is 0 Å². The van der Waals surface area contributed by atoms with Crippen LogP contribution in [0.25, 0.3) is 0 Å². The molecule has 0 saturated carbocycles. The summed E-state index contributed by atoms with van der Waals surface area (Å²) in [4.78, 5) is 15.8. The zero-order chi connectivity index (χ0) is 11.3. The number of rotatable bonds is 3. The largest absolute Gasteiger partial charge is 0.336 e. The number of hydrogen-bond acceptors (Lipinski definition) is 3. The molecule has 1 aliphatic heterocycles. The third-order valence-corrected chi connectivity index (χ3v) is 2.52. The maximum absolute atomic E-state index is 11.6. The first kappa shape index (κ1) is 12.3. The van der Waals surface area contributed by atoms with Crippen LogP contribution in [-0.2, 0) is 0 Å². The second kappa shape index (κ2) is 5.92. The van der Waals surface area contributed by atoms with Gasteiger partial charge in [-0.05, 0) is 13.8 Å². The number of nitrogens with one attached hydrogen (secondary N) is 1. The smallest absolute Gasteiger partial charge is 0.317 e. The summed E-state index contributed by atoms with van der Waals surface area (Å²) in [5.41, 5.74) is 5.49. The van der Waals surface area contributed by atoms with Crippen LogP contribution < -0.4 is 11.1 Å². The van der Waals surface area contributed by atoms with Gasteiger partial charge in [0.1, 0.15) is 0 Å². The van der Waals surface area contributed by atoms with Crippen LogP contribution in [0.4, 0.5) is 4.79 Å². The topological polar surface area (TPSA) is 61.6 Å². The molecule has 88 valence electrons. The maximum Gasteiger partial charge on any atom is 0.317 e. The van der Waals surface area contributed by atoms with E-state index in [1.807, 2.05) is 18.7 Å². The zero-order valence-electron chi connectivity index (χ0n) is 9.70. The summed E-state index contributed by atoms with van der Waals surface area (Å²) < 4.78 is 0. The Labute approximate surface area is 91.6 Å². The van der Waals surface area contributed by atoms with E-state index in [1.54, 1.807) is 0 Å². The van der Waals surface area contributed by atoms with E-state index in [9.17, 15) is 4.79 Å². The lowest BCUT2D eigenvalue weighted by atomic mass is 10.3. The molecule has 1 saturated heterocycles. The number of carbonyl (C=O) groups is 1. The van der Waals surface area contributed by atoms with Crippen LogP contribution in [-0.4, -0.2) is 61.1 Å². The van der Waals surface area contributed by atoms with Crippen molar-refractivity contribution in [3.63, 3.8) is 0 Å². The van der Waals surface area contributed by atoms with Crippen molar-refractivity contribution in [2.24, 2.45) is 5.73 Å². The molecular formula is C10H22N4O. The maximum atomic E-state index is 11.6. The third kappa shape index (κ3) is 4.05. The Hall–Kier alpha value is -0.810. The number of nitrogens with zero attached hydrogens (tertiary/aromatic N) is 2. The van der Waals surface area contributed by atoms with Gasteiger partial charge in [-0.1, -0.05) is 0 Å². The fourth-order valence-corrected chi connectivity index (χ4v) is 1.70. The SMILES string of the molecule is CC(C)NC(=O)N1CCN(CCN)CC1. The number of nitrogens with two attached hydrogens (primary N) is 1. The van der Waals surface area contributed by atoms with Crippen molar-refractivity contribution in [2.45, 2.75) is 19.9 Å². The van der Waals surface area contributed by atoms with Crippen LogP contribution in [0.3, 0.4) is 0 Å². The van der Waals surface area contributed by atoms with E-state index in [0.717, 1.165) is 32.7 Å². The van der Waals surface area contributed by atoms with Crippen LogP contribution >= 0.6 is 0 Å². The van der Waals surface area contributed by atoms with E-state index in [4.69, 9.17) is 5.73 Å².